The van der Waals surface area contributed by atoms with Gasteiger partial charge in [0.25, 0.3) is 0 Å². The molecule has 3 N–H and O–H groups in total. The molecule has 1 saturated carbocycles. The highest BCUT2D eigenvalue weighted by Gasteiger charge is 2.28. The zero-order chi connectivity index (χ0) is 14.9. The van der Waals surface area contributed by atoms with Crippen LogP contribution in [0.5, 0.6) is 0 Å². The molecule has 0 spiro atoms. The maximum atomic E-state index is 12.6. The second-order valence-electron chi connectivity index (χ2n) is 6.29. The molecule has 1 unspecified atom stereocenters. The van der Waals surface area contributed by atoms with Crippen molar-refractivity contribution in [3.8, 4) is 0 Å². The molecule has 0 aliphatic heterocycles. The molecule has 1 aromatic carbocycles. The van der Waals surface area contributed by atoms with Gasteiger partial charge in [-0.15, -0.1) is 0 Å². The van der Waals surface area contributed by atoms with E-state index in [1.807, 2.05) is 12.1 Å². The average molecular weight is 308 g/mol. The highest BCUT2D eigenvalue weighted by Crippen LogP contribution is 2.29. The monoisotopic (exact) mass is 308 g/mol. The summed E-state index contributed by atoms with van der Waals surface area (Å²) in [5.74, 6) is 0.388. The number of nitrogens with one attached hydrogen (secondary N) is 1. The Morgan fingerprint density at radius 1 is 1.14 bits per heavy atom. The van der Waals surface area contributed by atoms with Crippen LogP contribution in [0.4, 0.5) is 0 Å². The molecule has 2 aliphatic carbocycles. The van der Waals surface area contributed by atoms with Crippen LogP contribution in [0.2, 0.25) is 0 Å². The van der Waals surface area contributed by atoms with Crippen molar-refractivity contribution in [2.45, 2.75) is 55.9 Å². The van der Waals surface area contributed by atoms with E-state index >= 15 is 0 Å². The molecule has 0 aromatic heterocycles. The van der Waals surface area contributed by atoms with E-state index < -0.39 is 10.0 Å². The number of hydrogen-bond donors (Lipinski definition) is 2. The van der Waals surface area contributed by atoms with E-state index in [4.69, 9.17) is 5.73 Å². The quantitative estimate of drug-likeness (QED) is 0.873. The summed E-state index contributed by atoms with van der Waals surface area (Å²) in [6.07, 6.45) is 7.70. The zero-order valence-electron chi connectivity index (χ0n) is 12.3. The Balaban J connectivity index is 1.79. The number of rotatable bonds is 5. The van der Waals surface area contributed by atoms with Crippen LogP contribution in [0.25, 0.3) is 0 Å². The minimum absolute atomic E-state index is 0.134. The van der Waals surface area contributed by atoms with E-state index in [-0.39, 0.29) is 6.04 Å². The SMILES string of the molecule is NCC(NS(=O)(=O)c1ccc2c(c1)CCC2)C1CCCC1. The first-order chi connectivity index (χ1) is 10.1. The zero-order valence-corrected chi connectivity index (χ0v) is 13.2. The van der Waals surface area contributed by atoms with Gasteiger partial charge in [-0.05, 0) is 61.3 Å². The van der Waals surface area contributed by atoms with Crippen LogP contribution in [-0.4, -0.2) is 21.0 Å². The number of fused-ring (bicyclic) bond motifs is 1. The molecule has 0 heterocycles. The van der Waals surface area contributed by atoms with Crippen LogP contribution >= 0.6 is 0 Å². The fraction of sp³-hybridized carbons (Fsp3) is 0.625. The molecular formula is C16H24N2O2S. The fourth-order valence-corrected chi connectivity index (χ4v) is 5.05. The van der Waals surface area contributed by atoms with Crippen LogP contribution < -0.4 is 10.5 Å². The molecular weight excluding hydrogens is 284 g/mol. The summed E-state index contributed by atoms with van der Waals surface area (Å²) in [6.45, 7) is 0.370. The lowest BCUT2D eigenvalue weighted by Gasteiger charge is -2.23. The van der Waals surface area contributed by atoms with Crippen molar-refractivity contribution < 1.29 is 8.42 Å². The van der Waals surface area contributed by atoms with Gasteiger partial charge in [-0.3, -0.25) is 0 Å². The Kier molecular flexibility index (Phi) is 4.33. The van der Waals surface area contributed by atoms with Gasteiger partial charge in [-0.2, -0.15) is 0 Å². The maximum absolute atomic E-state index is 12.6. The summed E-state index contributed by atoms with van der Waals surface area (Å²) in [5, 5.41) is 0. The van der Waals surface area contributed by atoms with E-state index in [1.54, 1.807) is 6.07 Å². The second-order valence-corrected chi connectivity index (χ2v) is 8.01. The number of nitrogens with two attached hydrogens (primary N) is 1. The maximum Gasteiger partial charge on any atom is 0.240 e. The molecule has 0 radical (unpaired) electrons. The van der Waals surface area contributed by atoms with Gasteiger partial charge in [0.2, 0.25) is 10.0 Å². The van der Waals surface area contributed by atoms with Crippen molar-refractivity contribution in [3.63, 3.8) is 0 Å². The Bertz CT molecular complexity index is 607. The molecule has 1 atom stereocenters. The largest absolute Gasteiger partial charge is 0.329 e. The number of hydrogen-bond acceptors (Lipinski definition) is 3. The third-order valence-corrected chi connectivity index (χ3v) is 6.40. The summed E-state index contributed by atoms with van der Waals surface area (Å²) in [6, 6.07) is 5.40. The Morgan fingerprint density at radius 3 is 2.57 bits per heavy atom. The first-order valence-corrected chi connectivity index (χ1v) is 9.42. The highest BCUT2D eigenvalue weighted by atomic mass is 32.2. The van der Waals surface area contributed by atoms with Crippen molar-refractivity contribution in [3.05, 3.63) is 29.3 Å². The highest BCUT2D eigenvalue weighted by molar-refractivity contribution is 7.89. The lowest BCUT2D eigenvalue weighted by atomic mass is 9.99. The van der Waals surface area contributed by atoms with Crippen LogP contribution in [0.1, 0.15) is 43.2 Å². The molecule has 1 fully saturated rings. The lowest BCUT2D eigenvalue weighted by molar-refractivity contribution is 0.405. The first kappa shape index (κ1) is 15.0. The van der Waals surface area contributed by atoms with Gasteiger partial charge in [0.05, 0.1) is 4.90 Å². The van der Waals surface area contributed by atoms with Gasteiger partial charge in [-0.25, -0.2) is 13.1 Å². The molecule has 0 saturated heterocycles. The van der Waals surface area contributed by atoms with Crippen molar-refractivity contribution in [1.29, 1.82) is 0 Å². The van der Waals surface area contributed by atoms with Gasteiger partial charge in [0.15, 0.2) is 0 Å². The summed E-state index contributed by atoms with van der Waals surface area (Å²) in [7, 11) is -3.46. The van der Waals surface area contributed by atoms with Crippen molar-refractivity contribution in [2.75, 3.05) is 6.54 Å². The first-order valence-electron chi connectivity index (χ1n) is 7.94. The molecule has 2 aliphatic rings. The predicted molar refractivity (Wildman–Crippen MR) is 83.6 cm³/mol. The third-order valence-electron chi connectivity index (χ3n) is 4.91. The van der Waals surface area contributed by atoms with E-state index in [0.29, 0.717) is 17.4 Å². The second kappa shape index (κ2) is 6.07. The summed E-state index contributed by atoms with van der Waals surface area (Å²) < 4.78 is 28.0. The number of aryl methyl sites for hydroxylation is 2. The Hall–Kier alpha value is -0.910. The van der Waals surface area contributed by atoms with Crippen LogP contribution in [0.3, 0.4) is 0 Å². The fourth-order valence-electron chi connectivity index (χ4n) is 3.68. The standard InChI is InChI=1S/C16H24N2O2S/c17-11-16(13-4-1-2-5-13)18-21(19,20)15-9-8-12-6-3-7-14(12)10-15/h8-10,13,16,18H,1-7,11,17H2. The Morgan fingerprint density at radius 2 is 1.86 bits per heavy atom. The average Bonchev–Trinajstić information content (AvgIpc) is 3.14. The summed E-state index contributed by atoms with van der Waals surface area (Å²) >= 11 is 0. The molecule has 5 heteroatoms. The van der Waals surface area contributed by atoms with E-state index in [0.717, 1.165) is 32.1 Å². The smallest absolute Gasteiger partial charge is 0.240 e. The van der Waals surface area contributed by atoms with Gasteiger partial charge < -0.3 is 5.73 Å². The van der Waals surface area contributed by atoms with Gasteiger partial charge in [-0.1, -0.05) is 18.9 Å². The normalized spacial score (nSPS) is 20.6. The molecule has 116 valence electrons. The summed E-state index contributed by atoms with van der Waals surface area (Å²) in [4.78, 5) is 0.389. The molecule has 3 rings (SSSR count). The van der Waals surface area contributed by atoms with Crippen LogP contribution in [0, 0.1) is 5.92 Å². The topological polar surface area (TPSA) is 72.2 Å². The molecule has 0 bridgehead atoms. The van der Waals surface area contributed by atoms with E-state index in [9.17, 15) is 8.42 Å². The van der Waals surface area contributed by atoms with Gasteiger partial charge >= 0.3 is 0 Å². The van der Waals surface area contributed by atoms with Gasteiger partial charge in [0, 0.05) is 12.6 Å². The van der Waals surface area contributed by atoms with Crippen molar-refractivity contribution in [2.24, 2.45) is 11.7 Å². The minimum atomic E-state index is -3.46. The molecule has 0 amide bonds. The number of benzene rings is 1. The molecule has 4 nitrogen and oxygen atoms in total. The van der Waals surface area contributed by atoms with E-state index in [1.165, 1.54) is 24.0 Å². The van der Waals surface area contributed by atoms with Gasteiger partial charge in [0.1, 0.15) is 0 Å². The van der Waals surface area contributed by atoms with Crippen molar-refractivity contribution in [1.82, 2.24) is 4.72 Å². The summed E-state index contributed by atoms with van der Waals surface area (Å²) in [5.41, 5.74) is 8.28. The molecule has 1 aromatic rings. The Labute approximate surface area is 127 Å². The lowest BCUT2D eigenvalue weighted by Crippen LogP contribution is -2.44. The number of sulfonamides is 1. The van der Waals surface area contributed by atoms with Crippen LogP contribution in [0.15, 0.2) is 23.1 Å². The van der Waals surface area contributed by atoms with Crippen molar-refractivity contribution >= 4 is 10.0 Å². The van der Waals surface area contributed by atoms with E-state index in [2.05, 4.69) is 4.72 Å². The predicted octanol–water partition coefficient (Wildman–Crippen LogP) is 1.97. The minimum Gasteiger partial charge on any atom is -0.329 e. The third kappa shape index (κ3) is 3.15. The molecule has 21 heavy (non-hydrogen) atoms. The van der Waals surface area contributed by atoms with Crippen LogP contribution in [-0.2, 0) is 22.9 Å².